The molecule has 1 heterocycles. The van der Waals surface area contributed by atoms with E-state index in [4.69, 9.17) is 0 Å². The van der Waals surface area contributed by atoms with Gasteiger partial charge in [-0.2, -0.15) is 0 Å². The van der Waals surface area contributed by atoms with Crippen molar-refractivity contribution in [2.24, 2.45) is 0 Å². The van der Waals surface area contributed by atoms with E-state index in [0.29, 0.717) is 4.83 Å². The number of hydrogen-bond acceptors (Lipinski definition) is 1. The highest BCUT2D eigenvalue weighted by molar-refractivity contribution is 9.09. The molecule has 0 nitrogen and oxygen atoms in total. The van der Waals surface area contributed by atoms with Gasteiger partial charge in [0.2, 0.25) is 0 Å². The van der Waals surface area contributed by atoms with Crippen LogP contribution in [0.25, 0.3) is 0 Å². The topological polar surface area (TPSA) is 0 Å². The van der Waals surface area contributed by atoms with E-state index in [1.165, 1.54) is 27.1 Å². The Hall–Kier alpha value is -0.600. The second-order valence-corrected chi connectivity index (χ2v) is 6.62. The highest BCUT2D eigenvalue weighted by atomic mass is 79.9. The first-order chi connectivity index (χ1) is 9.21. The predicted octanol–water partition coefficient (Wildman–Crippen LogP) is 5.92. The average Bonchev–Trinajstić information content (AvgIpc) is 2.94. The Morgan fingerprint density at radius 2 is 1.63 bits per heavy atom. The van der Waals surface area contributed by atoms with Gasteiger partial charge in [0.05, 0.1) is 4.83 Å². The molecule has 1 aromatic heterocycles. The van der Waals surface area contributed by atoms with Crippen molar-refractivity contribution in [1.82, 2.24) is 0 Å². The van der Waals surface area contributed by atoms with Gasteiger partial charge in [0.25, 0.3) is 0 Å². The normalized spacial score (nSPS) is 12.6. The molecular weight excluding hydrogens is 316 g/mol. The number of halogens is 1. The van der Waals surface area contributed by atoms with E-state index >= 15 is 0 Å². The lowest BCUT2D eigenvalue weighted by molar-refractivity contribution is 1.02. The van der Waals surface area contributed by atoms with Crippen molar-refractivity contribution in [3.8, 4) is 0 Å². The number of hydrogen-bond donors (Lipinski definition) is 0. The van der Waals surface area contributed by atoms with E-state index in [2.05, 4.69) is 66.3 Å². The van der Waals surface area contributed by atoms with Gasteiger partial charge in [0, 0.05) is 4.88 Å². The standard InChI is InChI=1S/C17H21BrS/c1-4-12-7-8-15(11-14(12)6-3)16(18)17-13(5-2)9-10-19-17/h7-11,16H,4-6H2,1-3H3. The Morgan fingerprint density at radius 1 is 0.947 bits per heavy atom. The molecule has 0 spiro atoms. The molecule has 0 bridgehead atoms. The van der Waals surface area contributed by atoms with Gasteiger partial charge in [-0.25, -0.2) is 0 Å². The molecule has 0 aliphatic rings. The van der Waals surface area contributed by atoms with Gasteiger partial charge in [0.15, 0.2) is 0 Å². The predicted molar refractivity (Wildman–Crippen MR) is 89.7 cm³/mol. The summed E-state index contributed by atoms with van der Waals surface area (Å²) in [5.41, 5.74) is 5.81. The van der Waals surface area contributed by atoms with Crippen LogP contribution in [0.5, 0.6) is 0 Å². The van der Waals surface area contributed by atoms with Crippen LogP contribution in [0.4, 0.5) is 0 Å². The molecule has 0 amide bonds. The second-order valence-electron chi connectivity index (χ2n) is 4.76. The molecule has 2 heteroatoms. The van der Waals surface area contributed by atoms with Crippen LogP contribution < -0.4 is 0 Å². The van der Waals surface area contributed by atoms with Crippen LogP contribution in [0.1, 0.15) is 52.7 Å². The molecule has 1 aromatic carbocycles. The molecule has 0 aliphatic carbocycles. The number of aryl methyl sites for hydroxylation is 3. The van der Waals surface area contributed by atoms with Crippen molar-refractivity contribution in [2.75, 3.05) is 0 Å². The summed E-state index contributed by atoms with van der Waals surface area (Å²) in [5.74, 6) is 0. The van der Waals surface area contributed by atoms with Crippen LogP contribution in [0.2, 0.25) is 0 Å². The molecule has 1 atom stereocenters. The summed E-state index contributed by atoms with van der Waals surface area (Å²) in [5, 5.41) is 2.20. The molecule has 0 N–H and O–H groups in total. The monoisotopic (exact) mass is 336 g/mol. The van der Waals surface area contributed by atoms with Crippen LogP contribution in [0.15, 0.2) is 29.6 Å². The SMILES string of the molecule is CCc1ccc(C(Br)c2sccc2CC)cc1CC. The maximum absolute atomic E-state index is 3.89. The van der Waals surface area contributed by atoms with Crippen molar-refractivity contribution in [3.05, 3.63) is 56.8 Å². The van der Waals surface area contributed by atoms with Crippen LogP contribution in [-0.2, 0) is 19.3 Å². The fraction of sp³-hybridized carbons (Fsp3) is 0.412. The molecule has 0 radical (unpaired) electrons. The Labute approximate surface area is 129 Å². The van der Waals surface area contributed by atoms with E-state index in [9.17, 15) is 0 Å². The zero-order chi connectivity index (χ0) is 13.8. The molecular formula is C17H21BrS. The fourth-order valence-electron chi connectivity index (χ4n) is 2.49. The number of rotatable bonds is 5. The molecule has 0 saturated heterocycles. The maximum atomic E-state index is 3.89. The third-order valence-electron chi connectivity index (χ3n) is 3.68. The summed E-state index contributed by atoms with van der Waals surface area (Å²) in [4.78, 5) is 1.78. The van der Waals surface area contributed by atoms with E-state index < -0.39 is 0 Å². The molecule has 1 unspecified atom stereocenters. The van der Waals surface area contributed by atoms with E-state index in [1.807, 2.05) is 11.3 Å². The maximum Gasteiger partial charge on any atom is 0.0740 e. The molecule has 0 aliphatic heterocycles. The van der Waals surface area contributed by atoms with Gasteiger partial charge in [-0.05, 0) is 53.0 Å². The fourth-order valence-corrected chi connectivity index (χ4v) is 4.39. The van der Waals surface area contributed by atoms with Crippen LogP contribution in [0, 0.1) is 0 Å². The molecule has 19 heavy (non-hydrogen) atoms. The summed E-state index contributed by atoms with van der Waals surface area (Å²) in [6.07, 6.45) is 3.34. The van der Waals surface area contributed by atoms with Crippen molar-refractivity contribution >= 4 is 27.3 Å². The third-order valence-corrected chi connectivity index (χ3v) is 5.99. The zero-order valence-electron chi connectivity index (χ0n) is 11.9. The molecule has 0 saturated carbocycles. The van der Waals surface area contributed by atoms with Gasteiger partial charge in [0.1, 0.15) is 0 Å². The number of benzene rings is 1. The molecule has 0 fully saturated rings. The zero-order valence-corrected chi connectivity index (χ0v) is 14.3. The van der Waals surface area contributed by atoms with Gasteiger partial charge in [-0.1, -0.05) is 54.9 Å². The van der Waals surface area contributed by atoms with Crippen molar-refractivity contribution in [2.45, 2.75) is 44.9 Å². The quantitative estimate of drug-likeness (QED) is 0.594. The first-order valence-electron chi connectivity index (χ1n) is 7.03. The van der Waals surface area contributed by atoms with Crippen molar-refractivity contribution < 1.29 is 0 Å². The van der Waals surface area contributed by atoms with E-state index in [-0.39, 0.29) is 0 Å². The first-order valence-corrected chi connectivity index (χ1v) is 8.82. The highest BCUT2D eigenvalue weighted by Crippen LogP contribution is 2.37. The summed E-state index contributed by atoms with van der Waals surface area (Å²) in [6.45, 7) is 6.70. The van der Waals surface area contributed by atoms with Crippen molar-refractivity contribution in [3.63, 3.8) is 0 Å². The summed E-state index contributed by atoms with van der Waals surface area (Å²) >= 11 is 5.74. The summed E-state index contributed by atoms with van der Waals surface area (Å²) in [7, 11) is 0. The molecule has 102 valence electrons. The molecule has 2 aromatic rings. The largest absolute Gasteiger partial charge is 0.147 e. The number of thiophene rings is 1. The Balaban J connectivity index is 2.36. The van der Waals surface area contributed by atoms with E-state index in [0.717, 1.165) is 19.3 Å². The van der Waals surface area contributed by atoms with Crippen LogP contribution in [0.3, 0.4) is 0 Å². The highest BCUT2D eigenvalue weighted by Gasteiger charge is 2.16. The minimum atomic E-state index is 0.332. The van der Waals surface area contributed by atoms with Crippen LogP contribution >= 0.6 is 27.3 Å². The summed E-state index contributed by atoms with van der Waals surface area (Å²) in [6, 6.07) is 9.19. The van der Waals surface area contributed by atoms with E-state index in [1.54, 1.807) is 0 Å². The lowest BCUT2D eigenvalue weighted by Gasteiger charge is -2.14. The van der Waals surface area contributed by atoms with Gasteiger partial charge < -0.3 is 0 Å². The van der Waals surface area contributed by atoms with Gasteiger partial charge >= 0.3 is 0 Å². The minimum Gasteiger partial charge on any atom is -0.147 e. The summed E-state index contributed by atoms with van der Waals surface area (Å²) < 4.78 is 0. The lowest BCUT2D eigenvalue weighted by atomic mass is 9.97. The van der Waals surface area contributed by atoms with Gasteiger partial charge in [-0.15, -0.1) is 11.3 Å². The average molecular weight is 337 g/mol. The second kappa shape index (κ2) is 6.71. The molecule has 2 rings (SSSR count). The van der Waals surface area contributed by atoms with Crippen LogP contribution in [-0.4, -0.2) is 0 Å². The Kier molecular flexibility index (Phi) is 5.23. The Bertz CT molecular complexity index is 542. The van der Waals surface area contributed by atoms with Gasteiger partial charge in [-0.3, -0.25) is 0 Å². The first kappa shape index (κ1) is 14.8. The number of alkyl halides is 1. The third kappa shape index (κ3) is 3.11. The smallest absolute Gasteiger partial charge is 0.0740 e. The minimum absolute atomic E-state index is 0.332. The van der Waals surface area contributed by atoms with Crippen molar-refractivity contribution in [1.29, 1.82) is 0 Å². The lowest BCUT2D eigenvalue weighted by Crippen LogP contribution is -1.98. The Morgan fingerprint density at radius 3 is 2.26 bits per heavy atom.